The van der Waals surface area contributed by atoms with Crippen LogP contribution in [0.25, 0.3) is 0 Å². The summed E-state index contributed by atoms with van der Waals surface area (Å²) in [6.45, 7) is 0.383. The minimum absolute atomic E-state index is 0.0479. The monoisotopic (exact) mass is 266 g/mol. The first-order chi connectivity index (χ1) is 9.13. The van der Waals surface area contributed by atoms with E-state index in [1.165, 1.54) is 12.1 Å². The van der Waals surface area contributed by atoms with Crippen LogP contribution in [0.15, 0.2) is 24.3 Å². The van der Waals surface area contributed by atoms with Gasteiger partial charge in [-0.1, -0.05) is 18.9 Å². The van der Waals surface area contributed by atoms with Gasteiger partial charge in [0, 0.05) is 12.2 Å². The number of nitrogens with two attached hydrogens (primary N) is 1. The summed E-state index contributed by atoms with van der Waals surface area (Å²) in [6, 6.07) is 5.78. The first-order valence-corrected chi connectivity index (χ1v) is 6.53. The van der Waals surface area contributed by atoms with Crippen LogP contribution >= 0.6 is 0 Å². The maximum Gasteiger partial charge on any atom is 0.250 e. The highest BCUT2D eigenvalue weighted by atomic mass is 19.1. The number of hydrogen-bond donors (Lipinski definition) is 2. The number of amides is 1. The smallest absolute Gasteiger partial charge is 0.250 e. The molecule has 3 N–H and O–H groups in total. The SMILES string of the molecule is NCC1(OCC(=O)Nc2cccc(F)c2)CCCC1. The van der Waals surface area contributed by atoms with Crippen molar-refractivity contribution >= 4 is 11.6 Å². The largest absolute Gasteiger partial charge is 0.364 e. The van der Waals surface area contributed by atoms with Crippen molar-refractivity contribution in [3.8, 4) is 0 Å². The van der Waals surface area contributed by atoms with Crippen LogP contribution in [0.2, 0.25) is 0 Å². The molecular weight excluding hydrogens is 247 g/mol. The van der Waals surface area contributed by atoms with Crippen LogP contribution in [0.4, 0.5) is 10.1 Å². The van der Waals surface area contributed by atoms with Gasteiger partial charge in [0.1, 0.15) is 12.4 Å². The Balaban J connectivity index is 1.84. The van der Waals surface area contributed by atoms with Crippen molar-refractivity contribution in [1.82, 2.24) is 0 Å². The molecule has 0 atom stereocenters. The molecule has 0 aromatic heterocycles. The lowest BCUT2D eigenvalue weighted by atomic mass is 10.0. The van der Waals surface area contributed by atoms with E-state index in [2.05, 4.69) is 5.32 Å². The molecule has 1 aliphatic carbocycles. The van der Waals surface area contributed by atoms with Gasteiger partial charge in [0.25, 0.3) is 0 Å². The molecular formula is C14H19FN2O2. The van der Waals surface area contributed by atoms with Gasteiger partial charge < -0.3 is 15.8 Å². The van der Waals surface area contributed by atoms with E-state index >= 15 is 0 Å². The third-order valence-corrected chi connectivity index (χ3v) is 3.50. The molecule has 0 bridgehead atoms. The number of benzene rings is 1. The number of nitrogens with one attached hydrogen (secondary N) is 1. The van der Waals surface area contributed by atoms with Crippen molar-refractivity contribution < 1.29 is 13.9 Å². The van der Waals surface area contributed by atoms with Crippen LogP contribution in [0.1, 0.15) is 25.7 Å². The van der Waals surface area contributed by atoms with Crippen LogP contribution in [-0.2, 0) is 9.53 Å². The number of anilines is 1. The fourth-order valence-electron chi connectivity index (χ4n) is 2.41. The molecule has 1 aromatic rings. The van der Waals surface area contributed by atoms with Gasteiger partial charge in [0.15, 0.2) is 0 Å². The molecule has 0 heterocycles. The van der Waals surface area contributed by atoms with Crippen LogP contribution in [-0.4, -0.2) is 24.7 Å². The Bertz CT molecular complexity index is 445. The molecule has 1 aliphatic rings. The van der Waals surface area contributed by atoms with Crippen molar-refractivity contribution in [3.63, 3.8) is 0 Å². The number of hydrogen-bond acceptors (Lipinski definition) is 3. The summed E-state index contributed by atoms with van der Waals surface area (Å²) in [4.78, 5) is 11.7. The Hall–Kier alpha value is -1.46. The predicted molar refractivity (Wildman–Crippen MR) is 71.2 cm³/mol. The second-order valence-electron chi connectivity index (χ2n) is 4.94. The Kier molecular flexibility index (Phi) is 4.50. The summed E-state index contributed by atoms with van der Waals surface area (Å²) in [5.41, 5.74) is 5.81. The number of carbonyl (C=O) groups is 1. The normalized spacial score (nSPS) is 17.4. The quantitative estimate of drug-likeness (QED) is 0.857. The molecule has 0 unspecified atom stereocenters. The lowest BCUT2D eigenvalue weighted by molar-refractivity contribution is -0.127. The zero-order valence-electron chi connectivity index (χ0n) is 10.8. The Labute approximate surface area is 112 Å². The molecule has 0 spiro atoms. The summed E-state index contributed by atoms with van der Waals surface area (Å²) in [5.74, 6) is -0.668. The molecule has 104 valence electrons. The van der Waals surface area contributed by atoms with Crippen molar-refractivity contribution in [2.75, 3.05) is 18.5 Å². The minimum atomic E-state index is -0.382. The van der Waals surface area contributed by atoms with Crippen LogP contribution in [0, 0.1) is 5.82 Å². The van der Waals surface area contributed by atoms with Crippen molar-refractivity contribution in [1.29, 1.82) is 0 Å². The zero-order chi connectivity index (χ0) is 13.7. The molecule has 1 amide bonds. The van der Waals surface area contributed by atoms with Gasteiger partial charge >= 0.3 is 0 Å². The minimum Gasteiger partial charge on any atom is -0.364 e. The van der Waals surface area contributed by atoms with E-state index in [0.717, 1.165) is 25.7 Å². The highest BCUT2D eigenvalue weighted by molar-refractivity contribution is 5.91. The van der Waals surface area contributed by atoms with Crippen LogP contribution < -0.4 is 11.1 Å². The summed E-state index contributed by atoms with van der Waals surface area (Å²) in [5, 5.41) is 2.60. The molecule has 4 nitrogen and oxygen atoms in total. The maximum atomic E-state index is 13.0. The van der Waals surface area contributed by atoms with E-state index in [1.807, 2.05) is 0 Å². The maximum absolute atomic E-state index is 13.0. The Morgan fingerprint density at radius 2 is 2.16 bits per heavy atom. The third-order valence-electron chi connectivity index (χ3n) is 3.50. The molecule has 0 saturated heterocycles. The van der Waals surface area contributed by atoms with E-state index in [4.69, 9.17) is 10.5 Å². The fourth-order valence-corrected chi connectivity index (χ4v) is 2.41. The second kappa shape index (κ2) is 6.12. The molecule has 1 fully saturated rings. The zero-order valence-corrected chi connectivity index (χ0v) is 10.8. The van der Waals surface area contributed by atoms with Gasteiger partial charge in [0.2, 0.25) is 5.91 Å². The molecule has 0 aliphatic heterocycles. The van der Waals surface area contributed by atoms with E-state index in [0.29, 0.717) is 12.2 Å². The van der Waals surface area contributed by atoms with E-state index in [-0.39, 0.29) is 23.9 Å². The predicted octanol–water partition coefficient (Wildman–Crippen LogP) is 2.05. The summed E-state index contributed by atoms with van der Waals surface area (Å²) >= 11 is 0. The van der Waals surface area contributed by atoms with Gasteiger partial charge in [0.05, 0.1) is 5.60 Å². The Morgan fingerprint density at radius 3 is 2.79 bits per heavy atom. The molecule has 5 heteroatoms. The van der Waals surface area contributed by atoms with Crippen molar-refractivity contribution in [2.24, 2.45) is 5.73 Å². The van der Waals surface area contributed by atoms with Crippen LogP contribution in [0.3, 0.4) is 0 Å². The standard InChI is InChI=1S/C14H19FN2O2/c15-11-4-3-5-12(8-11)17-13(18)9-19-14(10-16)6-1-2-7-14/h3-5,8H,1-2,6-7,9-10,16H2,(H,17,18). The molecule has 2 rings (SSSR count). The summed E-state index contributed by atoms with van der Waals surface area (Å²) < 4.78 is 18.6. The number of rotatable bonds is 5. The number of ether oxygens (including phenoxy) is 1. The van der Waals surface area contributed by atoms with Gasteiger partial charge in [-0.15, -0.1) is 0 Å². The first-order valence-electron chi connectivity index (χ1n) is 6.53. The highest BCUT2D eigenvalue weighted by Gasteiger charge is 2.33. The van der Waals surface area contributed by atoms with Crippen LogP contribution in [0.5, 0.6) is 0 Å². The Morgan fingerprint density at radius 1 is 1.42 bits per heavy atom. The summed E-state index contributed by atoms with van der Waals surface area (Å²) in [7, 11) is 0. The van der Waals surface area contributed by atoms with Gasteiger partial charge in [-0.05, 0) is 31.0 Å². The van der Waals surface area contributed by atoms with Gasteiger partial charge in [-0.3, -0.25) is 4.79 Å². The first kappa shape index (κ1) is 14.0. The molecule has 19 heavy (non-hydrogen) atoms. The van der Waals surface area contributed by atoms with E-state index in [1.54, 1.807) is 12.1 Å². The van der Waals surface area contributed by atoms with E-state index in [9.17, 15) is 9.18 Å². The average Bonchev–Trinajstić information content (AvgIpc) is 2.86. The fraction of sp³-hybridized carbons (Fsp3) is 0.500. The van der Waals surface area contributed by atoms with Gasteiger partial charge in [-0.2, -0.15) is 0 Å². The topological polar surface area (TPSA) is 64.3 Å². The average molecular weight is 266 g/mol. The number of halogens is 1. The molecule has 0 radical (unpaired) electrons. The van der Waals surface area contributed by atoms with Crippen molar-refractivity contribution in [3.05, 3.63) is 30.1 Å². The second-order valence-corrected chi connectivity index (χ2v) is 4.94. The van der Waals surface area contributed by atoms with Gasteiger partial charge in [-0.25, -0.2) is 4.39 Å². The highest BCUT2D eigenvalue weighted by Crippen LogP contribution is 2.32. The molecule has 1 aromatic carbocycles. The molecule has 1 saturated carbocycles. The van der Waals surface area contributed by atoms with E-state index < -0.39 is 0 Å². The third kappa shape index (κ3) is 3.75. The lowest BCUT2D eigenvalue weighted by Crippen LogP contribution is -2.40. The lowest BCUT2D eigenvalue weighted by Gasteiger charge is -2.27. The van der Waals surface area contributed by atoms with Crippen molar-refractivity contribution in [2.45, 2.75) is 31.3 Å². The number of carbonyl (C=O) groups excluding carboxylic acids is 1. The summed E-state index contributed by atoms with van der Waals surface area (Å²) in [6.07, 6.45) is 3.97.